The maximum absolute atomic E-state index is 12.6. The number of carbonyl (C=O) groups is 2. The minimum atomic E-state index is -0.0541. The number of carbonyl (C=O) groups excluding carboxylic acids is 2. The number of aromatic nitrogens is 1. The van der Waals surface area contributed by atoms with Gasteiger partial charge in [0.25, 0.3) is 5.91 Å². The summed E-state index contributed by atoms with van der Waals surface area (Å²) >= 11 is 0. The summed E-state index contributed by atoms with van der Waals surface area (Å²) in [6.07, 6.45) is 8.00. The molecule has 3 aliphatic rings. The second-order valence-corrected chi connectivity index (χ2v) is 8.88. The first-order valence-corrected chi connectivity index (χ1v) is 11.4. The summed E-state index contributed by atoms with van der Waals surface area (Å²) in [6.45, 7) is 6.60. The predicted octanol–water partition coefficient (Wildman–Crippen LogP) is 2.00. The lowest BCUT2D eigenvalue weighted by atomic mass is 9.98. The number of hydrogen-bond donors (Lipinski definition) is 1. The molecule has 1 saturated carbocycles. The average molecular weight is 415 g/mol. The van der Waals surface area contributed by atoms with E-state index in [2.05, 4.69) is 20.1 Å². The van der Waals surface area contributed by atoms with Crippen molar-refractivity contribution in [2.45, 2.75) is 57.5 Å². The Hall–Kier alpha value is -1.99. The molecule has 0 aromatic carbocycles. The largest absolute Gasteiger partial charge is 0.381 e. The second-order valence-electron chi connectivity index (χ2n) is 8.88. The van der Waals surface area contributed by atoms with E-state index in [0.717, 1.165) is 77.1 Å². The normalized spacial score (nSPS) is 22.9. The van der Waals surface area contributed by atoms with Crippen molar-refractivity contribution in [2.75, 3.05) is 39.4 Å². The van der Waals surface area contributed by atoms with Crippen LogP contribution in [0.15, 0.2) is 18.3 Å². The van der Waals surface area contributed by atoms with Crippen LogP contribution in [0.5, 0.6) is 0 Å². The van der Waals surface area contributed by atoms with Crippen molar-refractivity contribution < 1.29 is 14.3 Å². The third-order valence-electron chi connectivity index (χ3n) is 6.58. The Labute approximate surface area is 179 Å². The third-order valence-corrected chi connectivity index (χ3v) is 6.58. The molecule has 1 unspecified atom stereocenters. The number of rotatable bonds is 7. The standard InChI is InChI=1S/C23H34N4O3/c1-17-15-19(6-9-24-17)22(28)25-10-12-27(20-7-13-30-14-8-20)21-3-2-11-26(16-21)23(29)18-4-5-18/h6,9,15,18,20-21H,2-5,7-8,10-14,16H2,1H3,(H,25,28). The summed E-state index contributed by atoms with van der Waals surface area (Å²) < 4.78 is 5.58. The van der Waals surface area contributed by atoms with Gasteiger partial charge in [0.15, 0.2) is 0 Å². The van der Waals surface area contributed by atoms with Gasteiger partial charge in [-0.3, -0.25) is 19.5 Å². The number of likely N-dealkylation sites (tertiary alicyclic amines) is 1. The third kappa shape index (κ3) is 5.38. The van der Waals surface area contributed by atoms with Crippen LogP contribution >= 0.6 is 0 Å². The Morgan fingerprint density at radius 3 is 2.73 bits per heavy atom. The molecule has 7 nitrogen and oxygen atoms in total. The molecule has 1 aromatic heterocycles. The van der Waals surface area contributed by atoms with Crippen LogP contribution in [0, 0.1) is 12.8 Å². The highest BCUT2D eigenvalue weighted by molar-refractivity contribution is 5.94. The molecule has 2 saturated heterocycles. The molecular weight excluding hydrogens is 380 g/mol. The van der Waals surface area contributed by atoms with Crippen molar-refractivity contribution in [3.8, 4) is 0 Å². The Bertz CT molecular complexity index is 746. The van der Waals surface area contributed by atoms with Crippen LogP contribution in [0.2, 0.25) is 0 Å². The lowest BCUT2D eigenvalue weighted by Crippen LogP contribution is -2.55. The molecule has 7 heteroatoms. The lowest BCUT2D eigenvalue weighted by molar-refractivity contribution is -0.135. The molecule has 0 spiro atoms. The van der Waals surface area contributed by atoms with E-state index in [4.69, 9.17) is 4.74 Å². The molecule has 30 heavy (non-hydrogen) atoms. The van der Waals surface area contributed by atoms with Crippen molar-refractivity contribution in [1.29, 1.82) is 0 Å². The highest BCUT2D eigenvalue weighted by Crippen LogP contribution is 2.32. The van der Waals surface area contributed by atoms with Gasteiger partial charge in [-0.05, 0) is 57.6 Å². The fourth-order valence-electron chi connectivity index (χ4n) is 4.78. The molecule has 3 heterocycles. The minimum absolute atomic E-state index is 0.0541. The maximum Gasteiger partial charge on any atom is 0.251 e. The maximum atomic E-state index is 12.6. The van der Waals surface area contributed by atoms with E-state index >= 15 is 0 Å². The van der Waals surface area contributed by atoms with Gasteiger partial charge in [0.05, 0.1) is 0 Å². The van der Waals surface area contributed by atoms with E-state index in [1.165, 1.54) is 0 Å². The van der Waals surface area contributed by atoms with Crippen LogP contribution in [0.1, 0.15) is 54.6 Å². The smallest absolute Gasteiger partial charge is 0.251 e. The van der Waals surface area contributed by atoms with Crippen LogP contribution < -0.4 is 5.32 Å². The molecule has 0 bridgehead atoms. The SMILES string of the molecule is Cc1cc(C(=O)NCCN(C2CCOCC2)C2CCCN(C(=O)C3CC3)C2)ccn1. The molecule has 164 valence electrons. The van der Waals surface area contributed by atoms with Crippen LogP contribution in [0.4, 0.5) is 0 Å². The van der Waals surface area contributed by atoms with Gasteiger partial charge < -0.3 is 15.0 Å². The topological polar surface area (TPSA) is 74.8 Å². The highest BCUT2D eigenvalue weighted by atomic mass is 16.5. The van der Waals surface area contributed by atoms with Crippen LogP contribution in [0.3, 0.4) is 0 Å². The van der Waals surface area contributed by atoms with E-state index < -0.39 is 0 Å². The zero-order valence-corrected chi connectivity index (χ0v) is 18.0. The molecule has 3 fully saturated rings. The van der Waals surface area contributed by atoms with Crippen LogP contribution in [0.25, 0.3) is 0 Å². The molecule has 4 rings (SSSR count). The van der Waals surface area contributed by atoms with E-state index in [1.807, 2.05) is 13.0 Å². The van der Waals surface area contributed by atoms with Crippen molar-refractivity contribution in [3.05, 3.63) is 29.6 Å². The summed E-state index contributed by atoms with van der Waals surface area (Å²) in [6, 6.07) is 4.39. The van der Waals surface area contributed by atoms with Crippen molar-refractivity contribution in [1.82, 2.24) is 20.1 Å². The van der Waals surface area contributed by atoms with E-state index in [0.29, 0.717) is 30.1 Å². The average Bonchev–Trinajstić information content (AvgIpc) is 3.62. The second kappa shape index (κ2) is 9.88. The van der Waals surface area contributed by atoms with Gasteiger partial charge in [-0.15, -0.1) is 0 Å². The van der Waals surface area contributed by atoms with Crippen molar-refractivity contribution in [2.24, 2.45) is 5.92 Å². The first-order chi connectivity index (χ1) is 14.6. The fourth-order valence-corrected chi connectivity index (χ4v) is 4.78. The minimum Gasteiger partial charge on any atom is -0.381 e. The van der Waals surface area contributed by atoms with Gasteiger partial charge in [-0.1, -0.05) is 0 Å². The number of nitrogens with one attached hydrogen (secondary N) is 1. The van der Waals surface area contributed by atoms with Gasteiger partial charge >= 0.3 is 0 Å². The quantitative estimate of drug-likeness (QED) is 0.739. The number of nitrogens with zero attached hydrogens (tertiary/aromatic N) is 3. The molecule has 1 aromatic rings. The lowest BCUT2D eigenvalue weighted by Gasteiger charge is -2.44. The van der Waals surface area contributed by atoms with Crippen molar-refractivity contribution >= 4 is 11.8 Å². The first-order valence-electron chi connectivity index (χ1n) is 11.4. The molecule has 1 atom stereocenters. The van der Waals surface area contributed by atoms with Crippen LogP contribution in [-0.2, 0) is 9.53 Å². The molecule has 1 N–H and O–H groups in total. The number of aryl methyl sites for hydroxylation is 1. The zero-order valence-electron chi connectivity index (χ0n) is 18.0. The Kier molecular flexibility index (Phi) is 7.00. The number of pyridine rings is 1. The van der Waals surface area contributed by atoms with Gasteiger partial charge in [0.2, 0.25) is 5.91 Å². The van der Waals surface area contributed by atoms with Gasteiger partial charge in [0.1, 0.15) is 0 Å². The molecule has 2 aliphatic heterocycles. The summed E-state index contributed by atoms with van der Waals surface area (Å²) in [4.78, 5) is 33.9. The highest BCUT2D eigenvalue weighted by Gasteiger charge is 2.37. The Morgan fingerprint density at radius 1 is 1.20 bits per heavy atom. The van der Waals surface area contributed by atoms with Gasteiger partial charge in [-0.25, -0.2) is 0 Å². The monoisotopic (exact) mass is 414 g/mol. The fraction of sp³-hybridized carbons (Fsp3) is 0.696. The summed E-state index contributed by atoms with van der Waals surface area (Å²) in [5.74, 6) is 0.581. The number of amides is 2. The van der Waals surface area contributed by atoms with Crippen LogP contribution in [-0.4, -0.2) is 78.1 Å². The number of piperidine rings is 1. The zero-order chi connectivity index (χ0) is 20.9. The summed E-state index contributed by atoms with van der Waals surface area (Å²) in [7, 11) is 0. The van der Waals surface area contributed by atoms with Gasteiger partial charge in [-0.2, -0.15) is 0 Å². The van der Waals surface area contributed by atoms with Gasteiger partial charge in [0, 0.05) is 74.8 Å². The Balaban J connectivity index is 1.37. The molecule has 1 aliphatic carbocycles. The summed E-state index contributed by atoms with van der Waals surface area (Å²) in [5.41, 5.74) is 1.49. The first kappa shape index (κ1) is 21.2. The summed E-state index contributed by atoms with van der Waals surface area (Å²) in [5, 5.41) is 3.08. The predicted molar refractivity (Wildman–Crippen MR) is 114 cm³/mol. The van der Waals surface area contributed by atoms with E-state index in [9.17, 15) is 9.59 Å². The van der Waals surface area contributed by atoms with E-state index in [1.54, 1.807) is 12.3 Å². The van der Waals surface area contributed by atoms with Crippen molar-refractivity contribution in [3.63, 3.8) is 0 Å². The molecule has 0 radical (unpaired) electrons. The van der Waals surface area contributed by atoms with E-state index in [-0.39, 0.29) is 11.8 Å². The molecular formula is C23H34N4O3. The molecule has 2 amide bonds. The number of hydrogen-bond acceptors (Lipinski definition) is 5. The Morgan fingerprint density at radius 2 is 2.00 bits per heavy atom. The number of ether oxygens (including phenoxy) is 1.